The molecule has 1 aromatic carbocycles. The highest BCUT2D eigenvalue weighted by atomic mass is 16.7. The molecule has 0 amide bonds. The molecule has 7 nitrogen and oxygen atoms in total. The SMILES string of the molecule is Cc1cc(C(=O)C(C)OC(=O)c2ccc3c(c2)OCO3)c(C)n1Cc1ccco1. The van der Waals surface area contributed by atoms with Crippen LogP contribution in [0, 0.1) is 13.8 Å². The first kappa shape index (κ1) is 18.9. The average Bonchev–Trinajstić information content (AvgIpc) is 3.44. The van der Waals surface area contributed by atoms with Crippen LogP contribution in [0.3, 0.4) is 0 Å². The van der Waals surface area contributed by atoms with E-state index in [0.29, 0.717) is 29.2 Å². The first-order valence-electron chi connectivity index (χ1n) is 9.28. The Hall–Kier alpha value is -3.48. The Kier molecular flexibility index (Phi) is 4.88. The molecule has 0 N–H and O–H groups in total. The Morgan fingerprint density at radius 1 is 1.14 bits per heavy atom. The fourth-order valence-electron chi connectivity index (χ4n) is 3.38. The van der Waals surface area contributed by atoms with E-state index >= 15 is 0 Å². The molecule has 0 bridgehead atoms. The van der Waals surface area contributed by atoms with Crippen molar-refractivity contribution in [2.24, 2.45) is 0 Å². The van der Waals surface area contributed by atoms with Gasteiger partial charge in [0, 0.05) is 17.0 Å². The highest BCUT2D eigenvalue weighted by Crippen LogP contribution is 2.32. The number of rotatable bonds is 6. The quantitative estimate of drug-likeness (QED) is 0.465. The number of hydrogen-bond acceptors (Lipinski definition) is 6. The van der Waals surface area contributed by atoms with Crippen LogP contribution in [-0.2, 0) is 11.3 Å². The summed E-state index contributed by atoms with van der Waals surface area (Å²) >= 11 is 0. The number of Topliss-reactive ketones (excluding diaryl/α,β-unsaturated/α-hetero) is 1. The van der Waals surface area contributed by atoms with Gasteiger partial charge >= 0.3 is 5.97 Å². The lowest BCUT2D eigenvalue weighted by Crippen LogP contribution is -2.25. The topological polar surface area (TPSA) is 79.9 Å². The van der Waals surface area contributed by atoms with Gasteiger partial charge in [0.25, 0.3) is 0 Å². The number of aromatic nitrogens is 1. The van der Waals surface area contributed by atoms with E-state index in [0.717, 1.165) is 17.1 Å². The number of fused-ring (bicyclic) bond motifs is 1. The van der Waals surface area contributed by atoms with Crippen LogP contribution in [-0.4, -0.2) is 29.2 Å². The minimum absolute atomic E-state index is 0.121. The van der Waals surface area contributed by atoms with Crippen molar-refractivity contribution in [3.63, 3.8) is 0 Å². The molecule has 3 heterocycles. The second-order valence-electron chi connectivity index (χ2n) is 6.93. The van der Waals surface area contributed by atoms with Gasteiger partial charge < -0.3 is 23.2 Å². The van der Waals surface area contributed by atoms with Crippen LogP contribution in [0.15, 0.2) is 47.1 Å². The largest absolute Gasteiger partial charge is 0.467 e. The van der Waals surface area contributed by atoms with Gasteiger partial charge in [-0.1, -0.05) is 0 Å². The number of esters is 1. The second-order valence-corrected chi connectivity index (χ2v) is 6.93. The third kappa shape index (κ3) is 3.63. The van der Waals surface area contributed by atoms with Crippen LogP contribution in [0.25, 0.3) is 0 Å². The molecular weight excluding hydrogens is 374 g/mol. The summed E-state index contributed by atoms with van der Waals surface area (Å²) in [6.07, 6.45) is 0.693. The van der Waals surface area contributed by atoms with Gasteiger partial charge in [-0.2, -0.15) is 0 Å². The van der Waals surface area contributed by atoms with Crippen molar-refractivity contribution in [2.45, 2.75) is 33.4 Å². The molecule has 1 atom stereocenters. The van der Waals surface area contributed by atoms with Gasteiger partial charge in [0.2, 0.25) is 12.6 Å². The highest BCUT2D eigenvalue weighted by molar-refractivity contribution is 6.02. The lowest BCUT2D eigenvalue weighted by Gasteiger charge is -2.13. The van der Waals surface area contributed by atoms with E-state index in [2.05, 4.69) is 0 Å². The molecule has 0 spiro atoms. The normalized spacial score (nSPS) is 13.3. The number of carbonyl (C=O) groups is 2. The average molecular weight is 395 g/mol. The number of aryl methyl sites for hydroxylation is 1. The number of carbonyl (C=O) groups excluding carboxylic acids is 2. The van der Waals surface area contributed by atoms with Crippen molar-refractivity contribution < 1.29 is 28.2 Å². The zero-order chi connectivity index (χ0) is 20.5. The van der Waals surface area contributed by atoms with E-state index in [4.69, 9.17) is 18.6 Å². The van der Waals surface area contributed by atoms with Crippen molar-refractivity contribution >= 4 is 11.8 Å². The standard InChI is InChI=1S/C22H21NO6/c1-13-9-18(14(2)23(13)11-17-5-4-8-26-17)21(24)15(3)29-22(25)16-6-7-19-20(10-16)28-12-27-19/h4-10,15H,11-12H2,1-3H3. The van der Waals surface area contributed by atoms with E-state index < -0.39 is 12.1 Å². The van der Waals surface area contributed by atoms with E-state index in [-0.39, 0.29) is 12.6 Å². The van der Waals surface area contributed by atoms with Crippen molar-refractivity contribution in [2.75, 3.05) is 6.79 Å². The van der Waals surface area contributed by atoms with Crippen LogP contribution in [0.5, 0.6) is 11.5 Å². The zero-order valence-electron chi connectivity index (χ0n) is 16.4. The Labute approximate surface area is 167 Å². The van der Waals surface area contributed by atoms with E-state index in [1.54, 1.807) is 31.4 Å². The maximum Gasteiger partial charge on any atom is 0.338 e. The lowest BCUT2D eigenvalue weighted by atomic mass is 10.1. The van der Waals surface area contributed by atoms with Gasteiger partial charge in [0.05, 0.1) is 18.4 Å². The Bertz CT molecular complexity index is 1060. The van der Waals surface area contributed by atoms with Gasteiger partial charge in [-0.25, -0.2) is 4.79 Å². The first-order chi connectivity index (χ1) is 13.9. The van der Waals surface area contributed by atoms with Gasteiger partial charge in [-0.05, 0) is 57.2 Å². The van der Waals surface area contributed by atoms with Gasteiger partial charge in [0.1, 0.15) is 5.76 Å². The van der Waals surface area contributed by atoms with Crippen LogP contribution in [0.4, 0.5) is 0 Å². The molecule has 0 radical (unpaired) electrons. The molecule has 3 aromatic rings. The summed E-state index contributed by atoms with van der Waals surface area (Å²) in [5.74, 6) is 1.02. The van der Waals surface area contributed by atoms with Crippen LogP contribution < -0.4 is 9.47 Å². The van der Waals surface area contributed by atoms with Crippen LogP contribution in [0.2, 0.25) is 0 Å². The lowest BCUT2D eigenvalue weighted by molar-refractivity contribution is 0.0318. The van der Waals surface area contributed by atoms with E-state index in [1.807, 2.05) is 36.6 Å². The number of nitrogens with zero attached hydrogens (tertiary/aromatic N) is 1. The van der Waals surface area contributed by atoms with E-state index in [1.165, 1.54) is 0 Å². The zero-order valence-corrected chi connectivity index (χ0v) is 16.4. The van der Waals surface area contributed by atoms with E-state index in [9.17, 15) is 9.59 Å². The van der Waals surface area contributed by atoms with Crippen molar-refractivity contribution in [1.82, 2.24) is 4.57 Å². The minimum Gasteiger partial charge on any atom is -0.467 e. The predicted molar refractivity (Wildman–Crippen MR) is 103 cm³/mol. The Morgan fingerprint density at radius 2 is 1.93 bits per heavy atom. The summed E-state index contributed by atoms with van der Waals surface area (Å²) in [5.41, 5.74) is 2.56. The molecule has 1 aliphatic heterocycles. The number of hydrogen-bond donors (Lipinski definition) is 0. The van der Waals surface area contributed by atoms with Crippen molar-refractivity contribution in [3.05, 3.63) is 70.9 Å². The first-order valence-corrected chi connectivity index (χ1v) is 9.28. The minimum atomic E-state index is -0.925. The van der Waals surface area contributed by atoms with Gasteiger partial charge in [-0.3, -0.25) is 4.79 Å². The molecule has 0 saturated heterocycles. The molecule has 4 rings (SSSR count). The summed E-state index contributed by atoms with van der Waals surface area (Å²) in [4.78, 5) is 25.4. The Morgan fingerprint density at radius 3 is 2.69 bits per heavy atom. The fraction of sp³-hybridized carbons (Fsp3) is 0.273. The second kappa shape index (κ2) is 7.50. The van der Waals surface area contributed by atoms with Crippen LogP contribution >= 0.6 is 0 Å². The van der Waals surface area contributed by atoms with Crippen molar-refractivity contribution in [3.8, 4) is 11.5 Å². The molecule has 1 unspecified atom stereocenters. The molecule has 0 saturated carbocycles. The smallest absolute Gasteiger partial charge is 0.338 e. The molecule has 7 heteroatoms. The molecule has 0 fully saturated rings. The van der Waals surface area contributed by atoms with Gasteiger partial charge in [0.15, 0.2) is 17.6 Å². The summed E-state index contributed by atoms with van der Waals surface area (Å²) in [6, 6.07) is 10.3. The van der Waals surface area contributed by atoms with Gasteiger partial charge in [-0.15, -0.1) is 0 Å². The number of ketones is 1. The molecular formula is C22H21NO6. The monoisotopic (exact) mass is 395 g/mol. The number of ether oxygens (including phenoxy) is 3. The predicted octanol–water partition coefficient (Wildman–Crippen LogP) is 3.90. The summed E-state index contributed by atoms with van der Waals surface area (Å²) in [5, 5.41) is 0. The summed E-state index contributed by atoms with van der Waals surface area (Å²) < 4.78 is 23.3. The molecule has 150 valence electrons. The third-order valence-electron chi connectivity index (χ3n) is 4.99. The van der Waals surface area contributed by atoms with Crippen molar-refractivity contribution in [1.29, 1.82) is 0 Å². The maximum atomic E-state index is 12.9. The summed E-state index contributed by atoms with van der Waals surface area (Å²) in [6.45, 7) is 6.02. The maximum absolute atomic E-state index is 12.9. The summed E-state index contributed by atoms with van der Waals surface area (Å²) in [7, 11) is 0. The third-order valence-corrected chi connectivity index (χ3v) is 4.99. The number of benzene rings is 1. The van der Waals surface area contributed by atoms with Crippen LogP contribution in [0.1, 0.15) is 44.8 Å². The fourth-order valence-corrected chi connectivity index (χ4v) is 3.38. The number of furan rings is 1. The molecule has 0 aliphatic carbocycles. The highest BCUT2D eigenvalue weighted by Gasteiger charge is 2.25. The molecule has 1 aliphatic rings. The Balaban J connectivity index is 1.48. The molecule has 29 heavy (non-hydrogen) atoms. The molecule has 2 aromatic heterocycles.